The van der Waals surface area contributed by atoms with Gasteiger partial charge in [0.2, 0.25) is 5.91 Å². The van der Waals surface area contributed by atoms with E-state index in [9.17, 15) is 24.6 Å². The molecule has 40 heavy (non-hydrogen) atoms. The number of nitrogens with zero attached hydrogens (tertiary/aromatic N) is 2. The van der Waals surface area contributed by atoms with Crippen molar-refractivity contribution in [2.24, 2.45) is 5.92 Å². The first kappa shape index (κ1) is 25.3. The number of hydrogen-bond acceptors (Lipinski definition) is 7. The number of fused-ring (bicyclic) bond motifs is 5. The Labute approximate surface area is 229 Å². The molecule has 3 aromatic rings. The van der Waals surface area contributed by atoms with Gasteiger partial charge < -0.3 is 24.8 Å². The number of nitrogens with one attached hydrogen (secondary N) is 1. The number of hydrogen-bond donors (Lipinski definition) is 3. The molecule has 2 unspecified atom stereocenters. The van der Waals surface area contributed by atoms with Gasteiger partial charge >= 0.3 is 5.97 Å². The highest BCUT2D eigenvalue weighted by Gasteiger charge is 2.44. The lowest BCUT2D eigenvalue weighted by atomic mass is 9.81. The molecule has 0 saturated heterocycles. The summed E-state index contributed by atoms with van der Waals surface area (Å²) in [7, 11) is 0. The standard InChI is InChI=1S/C30H30FN3O6/c1-13-16-6-7-21(33-27(36)14-4-3-5-15(35)8-14)25-17-11-34-23(26(17)32-22(24(16)25)10-20(13)31)9-19-18(28(34)37)12-40-29(38)30(19,2)39/h9-10,14-15,21,35,39H,3-8,11-12H2,1-2H3,(H,33,36)/t14?,15?,21-,30-/m0/s1. The van der Waals surface area contributed by atoms with Gasteiger partial charge in [-0.05, 0) is 68.7 Å². The highest BCUT2D eigenvalue weighted by Crippen LogP contribution is 2.45. The number of aryl methyl sites for hydroxylation is 1. The van der Waals surface area contributed by atoms with Gasteiger partial charge in [-0.3, -0.25) is 9.59 Å². The van der Waals surface area contributed by atoms with Crippen LogP contribution in [0.2, 0.25) is 0 Å². The van der Waals surface area contributed by atoms with Gasteiger partial charge in [0.1, 0.15) is 12.4 Å². The Bertz CT molecular complexity index is 1710. The Hall–Kier alpha value is -3.63. The second-order valence-electron chi connectivity index (χ2n) is 11.8. The van der Waals surface area contributed by atoms with Gasteiger partial charge in [0.05, 0.1) is 41.2 Å². The predicted octanol–water partition coefficient (Wildman–Crippen LogP) is 2.79. The third-order valence-electron chi connectivity index (χ3n) is 9.34. The van der Waals surface area contributed by atoms with Gasteiger partial charge in [-0.15, -0.1) is 0 Å². The summed E-state index contributed by atoms with van der Waals surface area (Å²) in [5, 5.41) is 25.1. The zero-order valence-electron chi connectivity index (χ0n) is 22.3. The predicted molar refractivity (Wildman–Crippen MR) is 142 cm³/mol. The largest absolute Gasteiger partial charge is 0.458 e. The van der Waals surface area contributed by atoms with Crippen molar-refractivity contribution in [1.29, 1.82) is 0 Å². The van der Waals surface area contributed by atoms with Gasteiger partial charge in [-0.1, -0.05) is 6.42 Å². The van der Waals surface area contributed by atoms with Crippen molar-refractivity contribution in [2.45, 2.75) is 83.3 Å². The Morgan fingerprint density at radius 2 is 2.00 bits per heavy atom. The molecule has 0 radical (unpaired) electrons. The quantitative estimate of drug-likeness (QED) is 0.329. The lowest BCUT2D eigenvalue weighted by Gasteiger charge is -2.32. The van der Waals surface area contributed by atoms with Crippen molar-refractivity contribution in [3.05, 3.63) is 61.7 Å². The molecule has 3 N–H and O–H groups in total. The molecule has 9 nitrogen and oxygen atoms in total. The SMILES string of the molecule is Cc1c(F)cc2nc3c(c4c2c1CC[C@@H]4NC(=O)C1CCCC(O)C1)Cn1c-3cc2c(c1=O)COC(=O)[C@@]2(C)O. The number of halogens is 1. The van der Waals surface area contributed by atoms with E-state index in [1.807, 2.05) is 0 Å². The first-order chi connectivity index (χ1) is 19.1. The molecular formula is C30H30FN3O6. The average Bonchev–Trinajstić information content (AvgIpc) is 3.29. The van der Waals surface area contributed by atoms with Gasteiger partial charge in [0.25, 0.3) is 5.56 Å². The molecule has 10 heteroatoms. The van der Waals surface area contributed by atoms with Crippen molar-refractivity contribution < 1.29 is 28.9 Å². The third-order valence-corrected chi connectivity index (χ3v) is 9.34. The molecule has 4 atom stereocenters. The average molecular weight is 548 g/mol. The van der Waals surface area contributed by atoms with E-state index < -0.39 is 17.7 Å². The molecule has 0 spiro atoms. The first-order valence-electron chi connectivity index (χ1n) is 13.9. The molecule has 2 aliphatic heterocycles. The number of ether oxygens (including phenoxy) is 1. The van der Waals surface area contributed by atoms with E-state index in [1.54, 1.807) is 17.6 Å². The van der Waals surface area contributed by atoms with Crippen LogP contribution in [0.25, 0.3) is 22.3 Å². The third kappa shape index (κ3) is 3.51. The molecule has 1 fully saturated rings. The van der Waals surface area contributed by atoms with Crippen LogP contribution >= 0.6 is 0 Å². The van der Waals surface area contributed by atoms with Crippen molar-refractivity contribution in [3.63, 3.8) is 0 Å². The number of carbonyl (C=O) groups is 2. The number of rotatable bonds is 2. The minimum atomic E-state index is -1.99. The summed E-state index contributed by atoms with van der Waals surface area (Å²) in [5.74, 6) is -1.59. The molecule has 4 aliphatic rings. The Balaban J connectivity index is 1.42. The zero-order chi connectivity index (χ0) is 28.1. The zero-order valence-corrected chi connectivity index (χ0v) is 22.3. The monoisotopic (exact) mass is 547 g/mol. The van der Waals surface area contributed by atoms with E-state index in [0.717, 1.165) is 28.5 Å². The number of carbonyl (C=O) groups excluding carboxylic acids is 2. The fourth-order valence-corrected chi connectivity index (χ4v) is 7.14. The van der Waals surface area contributed by atoms with Crippen LogP contribution in [-0.4, -0.2) is 37.7 Å². The summed E-state index contributed by atoms with van der Waals surface area (Å²) in [6.45, 7) is 3.00. The molecule has 1 amide bonds. The number of amides is 1. The molecule has 208 valence electrons. The maximum atomic E-state index is 15.0. The fourth-order valence-electron chi connectivity index (χ4n) is 7.14. The Kier molecular flexibility index (Phi) is 5.50. The summed E-state index contributed by atoms with van der Waals surface area (Å²) >= 11 is 0. The topological polar surface area (TPSA) is 131 Å². The van der Waals surface area contributed by atoms with Crippen LogP contribution in [0.1, 0.15) is 78.5 Å². The van der Waals surface area contributed by atoms with Gasteiger partial charge in [-0.2, -0.15) is 0 Å². The van der Waals surface area contributed by atoms with Gasteiger partial charge in [0.15, 0.2) is 5.60 Å². The van der Waals surface area contributed by atoms with Crippen LogP contribution in [0.3, 0.4) is 0 Å². The number of benzene rings is 1. The summed E-state index contributed by atoms with van der Waals surface area (Å²) in [4.78, 5) is 44.2. The molecule has 2 aliphatic carbocycles. The summed E-state index contributed by atoms with van der Waals surface area (Å²) in [6.07, 6.45) is 3.27. The van der Waals surface area contributed by atoms with Crippen LogP contribution < -0.4 is 10.9 Å². The maximum Gasteiger partial charge on any atom is 0.342 e. The molecule has 1 aromatic carbocycles. The fraction of sp³-hybridized carbons (Fsp3) is 0.467. The lowest BCUT2D eigenvalue weighted by molar-refractivity contribution is -0.169. The van der Waals surface area contributed by atoms with Crippen molar-refractivity contribution in [3.8, 4) is 11.4 Å². The number of aliphatic hydroxyl groups is 2. The first-order valence-corrected chi connectivity index (χ1v) is 13.9. The maximum absolute atomic E-state index is 15.0. The lowest BCUT2D eigenvalue weighted by Crippen LogP contribution is -2.42. The molecular weight excluding hydrogens is 517 g/mol. The second-order valence-corrected chi connectivity index (χ2v) is 11.8. The summed E-state index contributed by atoms with van der Waals surface area (Å²) < 4.78 is 21.7. The van der Waals surface area contributed by atoms with Crippen LogP contribution in [0.5, 0.6) is 0 Å². The van der Waals surface area contributed by atoms with Crippen molar-refractivity contribution >= 4 is 22.8 Å². The smallest absolute Gasteiger partial charge is 0.342 e. The van der Waals surface area contributed by atoms with E-state index in [-0.39, 0.29) is 53.5 Å². The Morgan fingerprint density at radius 3 is 2.77 bits per heavy atom. The minimum Gasteiger partial charge on any atom is -0.458 e. The number of cyclic esters (lactones) is 1. The highest BCUT2D eigenvalue weighted by molar-refractivity contribution is 5.94. The molecule has 0 bridgehead atoms. The normalized spacial score (nSPS) is 26.6. The van der Waals surface area contributed by atoms with E-state index in [0.29, 0.717) is 54.6 Å². The number of pyridine rings is 2. The van der Waals surface area contributed by atoms with Gasteiger partial charge in [0, 0.05) is 28.5 Å². The second kappa shape index (κ2) is 8.68. The summed E-state index contributed by atoms with van der Waals surface area (Å²) in [5.41, 5.74) is 2.34. The molecule has 7 rings (SSSR count). The highest BCUT2D eigenvalue weighted by atomic mass is 19.1. The van der Waals surface area contributed by atoms with E-state index >= 15 is 4.39 Å². The number of aliphatic hydroxyl groups excluding tert-OH is 1. The Morgan fingerprint density at radius 1 is 1.20 bits per heavy atom. The van der Waals surface area contributed by atoms with E-state index in [1.165, 1.54) is 13.0 Å². The van der Waals surface area contributed by atoms with Crippen molar-refractivity contribution in [1.82, 2.24) is 14.9 Å². The van der Waals surface area contributed by atoms with E-state index in [4.69, 9.17) is 9.72 Å². The van der Waals surface area contributed by atoms with Crippen LogP contribution in [-0.2, 0) is 39.5 Å². The number of aromatic nitrogens is 2. The van der Waals surface area contributed by atoms with Crippen molar-refractivity contribution in [2.75, 3.05) is 0 Å². The van der Waals surface area contributed by atoms with Crippen LogP contribution in [0, 0.1) is 18.7 Å². The minimum absolute atomic E-state index is 0.111. The van der Waals surface area contributed by atoms with Gasteiger partial charge in [-0.25, -0.2) is 14.2 Å². The van der Waals surface area contributed by atoms with Crippen LogP contribution in [0.4, 0.5) is 4.39 Å². The molecule has 2 aromatic heterocycles. The van der Waals surface area contributed by atoms with E-state index in [2.05, 4.69) is 5.32 Å². The van der Waals surface area contributed by atoms with Crippen LogP contribution in [0.15, 0.2) is 16.9 Å². The molecule has 4 heterocycles. The molecule has 1 saturated carbocycles. The summed E-state index contributed by atoms with van der Waals surface area (Å²) in [6, 6.07) is 2.63. The number of esters is 1.